The molecule has 0 aliphatic carbocycles. The van der Waals surface area contributed by atoms with Gasteiger partial charge in [0.2, 0.25) is 5.95 Å². The Hall–Kier alpha value is -3.36. The molecule has 2 heterocycles. The number of halogens is 2. The number of hydrogen-bond acceptors (Lipinski definition) is 8. The number of nitrogens with two attached hydrogens (primary N) is 2. The van der Waals surface area contributed by atoms with Crippen LogP contribution in [-0.2, 0) is 0 Å². The molecule has 0 saturated heterocycles. The molecule has 2 aromatic carbocycles. The lowest BCUT2D eigenvalue weighted by molar-refractivity contribution is 0.475. The summed E-state index contributed by atoms with van der Waals surface area (Å²) in [5.74, 6) is 0.292. The number of aromatic nitrogens is 4. The van der Waals surface area contributed by atoms with Crippen molar-refractivity contribution in [1.82, 2.24) is 19.9 Å². The number of nitrogens with zero attached hydrogens (tertiary/aromatic N) is 4. The molecule has 0 radical (unpaired) electrons. The topological polar surface area (TPSA) is 144 Å². The maximum absolute atomic E-state index is 9.83. The molecule has 2 aromatic heterocycles. The fraction of sp³-hybridized carbons (Fsp3) is 0. The van der Waals surface area contributed by atoms with E-state index in [1.165, 1.54) is 0 Å². The van der Waals surface area contributed by atoms with Crippen LogP contribution < -0.4 is 11.5 Å². The average molecular weight is 419 g/mol. The van der Waals surface area contributed by atoms with E-state index in [4.69, 9.17) is 11.5 Å². The Morgan fingerprint density at radius 2 is 1.21 bits per heavy atom. The average Bonchev–Trinajstić information content (AvgIpc) is 2.60. The van der Waals surface area contributed by atoms with Gasteiger partial charge in [-0.2, -0.15) is 9.97 Å². The Kier molecular flexibility index (Phi) is 6.07. The van der Waals surface area contributed by atoms with Crippen molar-refractivity contribution in [1.29, 1.82) is 0 Å². The van der Waals surface area contributed by atoms with Crippen LogP contribution in [0.3, 0.4) is 0 Å². The quantitative estimate of drug-likeness (QED) is 0.388. The van der Waals surface area contributed by atoms with E-state index in [1.807, 2.05) is 0 Å². The number of aromatic hydroxyl groups is 2. The van der Waals surface area contributed by atoms with Crippen molar-refractivity contribution in [3.8, 4) is 34.0 Å². The van der Waals surface area contributed by atoms with Gasteiger partial charge in [-0.15, -0.1) is 24.8 Å². The molecule has 6 N–H and O–H groups in total. The van der Waals surface area contributed by atoms with Crippen LogP contribution >= 0.6 is 24.8 Å². The van der Waals surface area contributed by atoms with Crippen LogP contribution in [0.25, 0.3) is 33.7 Å². The van der Waals surface area contributed by atoms with Crippen LogP contribution in [0.1, 0.15) is 0 Å². The first kappa shape index (κ1) is 20.9. The third-order valence-electron chi connectivity index (χ3n) is 3.81. The van der Waals surface area contributed by atoms with Gasteiger partial charge in [0.05, 0.1) is 11.4 Å². The first-order valence-electron chi connectivity index (χ1n) is 7.71. The number of benzene rings is 2. The smallest absolute Gasteiger partial charge is 0.224 e. The Morgan fingerprint density at radius 3 is 1.75 bits per heavy atom. The van der Waals surface area contributed by atoms with E-state index in [0.29, 0.717) is 28.0 Å². The van der Waals surface area contributed by atoms with Gasteiger partial charge in [-0.25, -0.2) is 9.97 Å². The number of phenolic OH excluding ortho intramolecular Hbond substituents is 2. The van der Waals surface area contributed by atoms with Gasteiger partial charge in [0.1, 0.15) is 11.5 Å². The summed E-state index contributed by atoms with van der Waals surface area (Å²) >= 11 is 0. The van der Waals surface area contributed by atoms with E-state index in [0.717, 1.165) is 0 Å². The van der Waals surface area contributed by atoms with E-state index >= 15 is 0 Å². The molecule has 4 aromatic rings. The van der Waals surface area contributed by atoms with Crippen LogP contribution in [-0.4, -0.2) is 30.1 Å². The standard InChI is InChI=1S/C18H14N6O2.2ClH/c19-16-15-17(24-18(20)23-16)22-14(10-4-2-6-12(26)8-10)13(21-15)9-3-1-5-11(25)7-9;;/h1-8,25-26H,(H4,19,20,22,23,24);2*1H. The molecule has 10 heteroatoms. The summed E-state index contributed by atoms with van der Waals surface area (Å²) in [5.41, 5.74) is 14.3. The van der Waals surface area contributed by atoms with E-state index in [2.05, 4.69) is 19.9 Å². The van der Waals surface area contributed by atoms with Crippen molar-refractivity contribution in [2.75, 3.05) is 11.5 Å². The third kappa shape index (κ3) is 3.83. The summed E-state index contributed by atoms with van der Waals surface area (Å²) in [4.78, 5) is 17.1. The van der Waals surface area contributed by atoms with E-state index in [1.54, 1.807) is 48.5 Å². The molecule has 0 bridgehead atoms. The zero-order valence-corrected chi connectivity index (χ0v) is 15.9. The highest BCUT2D eigenvalue weighted by Crippen LogP contribution is 2.34. The lowest BCUT2D eigenvalue weighted by atomic mass is 10.0. The van der Waals surface area contributed by atoms with Crippen LogP contribution in [0, 0.1) is 0 Å². The normalized spacial score (nSPS) is 10.1. The summed E-state index contributed by atoms with van der Waals surface area (Å²) in [6, 6.07) is 13.2. The van der Waals surface area contributed by atoms with Crippen molar-refractivity contribution in [2.24, 2.45) is 0 Å². The molecule has 0 atom stereocenters. The lowest BCUT2D eigenvalue weighted by Gasteiger charge is -2.11. The van der Waals surface area contributed by atoms with Gasteiger partial charge in [-0.3, -0.25) is 0 Å². The molecule has 8 nitrogen and oxygen atoms in total. The van der Waals surface area contributed by atoms with E-state index < -0.39 is 0 Å². The van der Waals surface area contributed by atoms with Crippen molar-refractivity contribution in [3.05, 3.63) is 48.5 Å². The molecule has 0 spiro atoms. The van der Waals surface area contributed by atoms with Crippen molar-refractivity contribution < 1.29 is 10.2 Å². The van der Waals surface area contributed by atoms with Crippen LogP contribution in [0.15, 0.2) is 48.5 Å². The van der Waals surface area contributed by atoms with E-state index in [-0.39, 0.29) is 53.7 Å². The monoisotopic (exact) mass is 418 g/mol. The van der Waals surface area contributed by atoms with Crippen LogP contribution in [0.5, 0.6) is 11.5 Å². The molecule has 0 amide bonds. The van der Waals surface area contributed by atoms with Gasteiger partial charge in [-0.1, -0.05) is 24.3 Å². The zero-order valence-electron chi connectivity index (χ0n) is 14.3. The van der Waals surface area contributed by atoms with E-state index in [9.17, 15) is 10.2 Å². The lowest BCUT2D eigenvalue weighted by Crippen LogP contribution is -2.05. The first-order valence-corrected chi connectivity index (χ1v) is 7.71. The summed E-state index contributed by atoms with van der Waals surface area (Å²) in [6.07, 6.45) is 0. The number of phenols is 2. The minimum Gasteiger partial charge on any atom is -0.508 e. The van der Waals surface area contributed by atoms with Crippen molar-refractivity contribution >= 4 is 47.7 Å². The highest BCUT2D eigenvalue weighted by atomic mass is 35.5. The maximum Gasteiger partial charge on any atom is 0.224 e. The highest BCUT2D eigenvalue weighted by Gasteiger charge is 2.17. The largest absolute Gasteiger partial charge is 0.508 e. The van der Waals surface area contributed by atoms with Gasteiger partial charge >= 0.3 is 0 Å². The predicted molar refractivity (Wildman–Crippen MR) is 113 cm³/mol. The Balaban J connectivity index is 0.00000140. The molecular weight excluding hydrogens is 403 g/mol. The Bertz CT molecular complexity index is 1160. The number of hydrogen-bond donors (Lipinski definition) is 4. The Morgan fingerprint density at radius 1 is 0.679 bits per heavy atom. The summed E-state index contributed by atoms with van der Waals surface area (Å²) < 4.78 is 0. The van der Waals surface area contributed by atoms with Gasteiger partial charge in [0.25, 0.3) is 0 Å². The summed E-state index contributed by atoms with van der Waals surface area (Å²) in [6.45, 7) is 0. The molecule has 0 fully saturated rings. The number of fused-ring (bicyclic) bond motifs is 1. The van der Waals surface area contributed by atoms with Gasteiger partial charge < -0.3 is 21.7 Å². The van der Waals surface area contributed by atoms with Crippen molar-refractivity contribution in [3.63, 3.8) is 0 Å². The minimum atomic E-state index is -0.00346. The Labute approximate surface area is 172 Å². The van der Waals surface area contributed by atoms with Crippen molar-refractivity contribution in [2.45, 2.75) is 0 Å². The predicted octanol–water partition coefficient (Wildman–Crippen LogP) is 3.17. The highest BCUT2D eigenvalue weighted by molar-refractivity contribution is 5.89. The third-order valence-corrected chi connectivity index (χ3v) is 3.81. The molecule has 0 saturated carbocycles. The van der Waals surface area contributed by atoms with Gasteiger partial charge in [0, 0.05) is 11.1 Å². The molecule has 0 aliphatic heterocycles. The first-order chi connectivity index (χ1) is 12.5. The van der Waals surface area contributed by atoms with Crippen LogP contribution in [0.4, 0.5) is 11.8 Å². The number of nitrogen functional groups attached to an aromatic ring is 2. The summed E-state index contributed by atoms with van der Waals surface area (Å²) in [7, 11) is 0. The molecule has 4 rings (SSSR count). The SMILES string of the molecule is Cl.Cl.Nc1nc(N)c2nc(-c3cccc(O)c3)c(-c3cccc(O)c3)nc2n1. The fourth-order valence-corrected chi connectivity index (χ4v) is 2.70. The second-order valence-corrected chi connectivity index (χ2v) is 5.66. The molecule has 0 unspecified atom stereocenters. The van der Waals surface area contributed by atoms with Crippen LogP contribution in [0.2, 0.25) is 0 Å². The number of anilines is 2. The molecule has 28 heavy (non-hydrogen) atoms. The second kappa shape index (κ2) is 8.12. The minimum absolute atomic E-state index is 0. The van der Waals surface area contributed by atoms with Gasteiger partial charge in [0.15, 0.2) is 17.0 Å². The zero-order chi connectivity index (χ0) is 18.3. The fourth-order valence-electron chi connectivity index (χ4n) is 2.70. The molecule has 144 valence electrons. The van der Waals surface area contributed by atoms with Gasteiger partial charge in [-0.05, 0) is 24.3 Å². The molecular formula is C18H16Cl2N6O2. The summed E-state index contributed by atoms with van der Waals surface area (Å²) in [5, 5.41) is 19.7. The maximum atomic E-state index is 9.83. The number of rotatable bonds is 2. The second-order valence-electron chi connectivity index (χ2n) is 5.66. The molecule has 0 aliphatic rings.